The van der Waals surface area contributed by atoms with Crippen molar-refractivity contribution in [2.24, 2.45) is 0 Å². The molecule has 4 aliphatic rings. The van der Waals surface area contributed by atoms with Crippen LogP contribution in [0.2, 0.25) is 13.1 Å². The summed E-state index contributed by atoms with van der Waals surface area (Å²) in [6, 6.07) is 118. The lowest BCUT2D eigenvalue weighted by molar-refractivity contribution is 0.660. The van der Waals surface area contributed by atoms with Gasteiger partial charge in [-0.25, -0.2) is 0 Å². The molecule has 103 heavy (non-hydrogen) atoms. The van der Waals surface area contributed by atoms with E-state index in [1.807, 2.05) is 0 Å². The molecule has 2 heterocycles. The lowest BCUT2D eigenvalue weighted by Gasteiger charge is -2.39. The highest BCUT2D eigenvalue weighted by Crippen LogP contribution is 2.56. The van der Waals surface area contributed by atoms with Crippen molar-refractivity contribution in [2.45, 2.75) is 51.6 Å². The molecule has 0 atom stereocenters. The van der Waals surface area contributed by atoms with E-state index in [9.17, 15) is 0 Å². The predicted molar refractivity (Wildman–Crippen MR) is 444 cm³/mol. The molecule has 2 aliphatic carbocycles. The third kappa shape index (κ3) is 9.46. The average molecular weight is 1340 g/mol. The third-order valence-corrected chi connectivity index (χ3v) is 27.4. The van der Waals surface area contributed by atoms with Gasteiger partial charge in [0.2, 0.25) is 0 Å². The summed E-state index contributed by atoms with van der Waals surface area (Å²) in [6.45, 7) is 14.5. The van der Waals surface area contributed by atoms with Gasteiger partial charge in [0.1, 0.15) is 8.07 Å². The molecular formula is C99H79N3Si. The molecule has 0 spiro atoms. The number of benzene rings is 16. The number of para-hydroxylation sites is 3. The van der Waals surface area contributed by atoms with Crippen LogP contribution in [0, 0.1) is 0 Å². The van der Waals surface area contributed by atoms with Gasteiger partial charge in [-0.15, -0.1) is 0 Å². The molecule has 3 nitrogen and oxygen atoms in total. The number of hydrogen-bond donors (Lipinski definition) is 0. The Morgan fingerprint density at radius 2 is 0.534 bits per heavy atom. The number of anilines is 6. The van der Waals surface area contributed by atoms with Crippen molar-refractivity contribution in [1.82, 2.24) is 0 Å². The Labute approximate surface area is 605 Å². The first kappa shape index (κ1) is 62.2. The van der Waals surface area contributed by atoms with Gasteiger partial charge in [0.25, 0.3) is 0 Å². The van der Waals surface area contributed by atoms with Crippen LogP contribution >= 0.6 is 0 Å². The highest BCUT2D eigenvalue weighted by Gasteiger charge is 2.40. The maximum absolute atomic E-state index is 2.50. The van der Waals surface area contributed by atoms with Crippen molar-refractivity contribution in [2.75, 3.05) is 35.8 Å². The summed E-state index contributed by atoms with van der Waals surface area (Å²) in [5.74, 6) is 0. The molecule has 0 bridgehead atoms. The van der Waals surface area contributed by atoms with Crippen molar-refractivity contribution in [3.63, 3.8) is 0 Å². The minimum absolute atomic E-state index is 0.0758. The number of rotatable bonds is 6. The molecule has 4 heteroatoms. The van der Waals surface area contributed by atoms with Gasteiger partial charge in [-0.1, -0.05) is 296 Å². The SMILES string of the molecule is CN1c2ccccc2N(C)c2cc(-c3c4ccccc4c(-c4ccc5c(c4)C(C)(C)c4ccccc4-5)c4cc(-c5ccccc5)ccc34)ccc21.CN1c2ccccc2[Si](C)(C)c2ccc(-c3c4ccccc4c(-c4ccc5c(c4)C(C)(C)c4ccccc4-5)c4cc(-c5ccccc5)ccc34)cc21. The second-order valence-corrected chi connectivity index (χ2v) is 34.8. The molecule has 0 saturated heterocycles. The van der Waals surface area contributed by atoms with Crippen LogP contribution in [0.3, 0.4) is 0 Å². The standard InChI is InChI=1S/C50H41NSi.C49H38N2/c1-50(2)42-20-12-11-17-36(42)37-26-24-34(30-43(37)50)49-39-19-10-9-18-38(39)48(40-27-23-33(29-41(40)49)32-15-7-6-8-16-32)35-25-28-47-45(31-35)51(3)44-21-13-14-22-46(44)52(47,4)5;1-49(2)41-19-11-10-16-35(41)36-25-23-33(29-42(36)49)48-38-18-9-8-17-37(38)47(39-26-22-32(28-40(39)48)31-14-6-5-7-15-31)34-24-27-45-46(30-34)51(4)44-21-13-12-20-43(44)50(45)3/h6-31H,1-5H3;5-30H,1-4H3. The summed E-state index contributed by atoms with van der Waals surface area (Å²) in [6.07, 6.45) is 0. The molecule has 0 amide bonds. The second kappa shape index (κ2) is 23.4. The minimum Gasteiger partial charge on any atom is -0.345 e. The largest absolute Gasteiger partial charge is 0.345 e. The Bertz CT molecular complexity index is 6220. The van der Waals surface area contributed by atoms with Gasteiger partial charge in [0.15, 0.2) is 0 Å². The average Bonchev–Trinajstić information content (AvgIpc) is 1.68. The highest BCUT2D eigenvalue weighted by atomic mass is 28.3. The Kier molecular flexibility index (Phi) is 14.1. The summed E-state index contributed by atoms with van der Waals surface area (Å²) < 4.78 is 0. The van der Waals surface area contributed by atoms with Gasteiger partial charge in [0, 0.05) is 43.3 Å². The van der Waals surface area contributed by atoms with E-state index < -0.39 is 8.07 Å². The van der Waals surface area contributed by atoms with E-state index in [-0.39, 0.29) is 10.8 Å². The molecule has 0 saturated carbocycles. The summed E-state index contributed by atoms with van der Waals surface area (Å²) >= 11 is 0. The Balaban J connectivity index is 0.000000142. The third-order valence-electron chi connectivity index (χ3n) is 23.9. The van der Waals surface area contributed by atoms with E-state index in [1.54, 1.807) is 0 Å². The molecule has 2 aliphatic heterocycles. The first-order chi connectivity index (χ1) is 50.1. The molecule has 0 radical (unpaired) electrons. The van der Waals surface area contributed by atoms with Crippen LogP contribution in [0.25, 0.3) is 132 Å². The van der Waals surface area contributed by atoms with Crippen molar-refractivity contribution >= 4 is 95.7 Å². The first-order valence-corrected chi connectivity index (χ1v) is 39.4. The van der Waals surface area contributed by atoms with Crippen molar-refractivity contribution < 1.29 is 0 Å². The fraction of sp³-hybridized carbons (Fsp3) is 0.111. The molecule has 0 fully saturated rings. The van der Waals surface area contributed by atoms with Gasteiger partial charge >= 0.3 is 0 Å². The van der Waals surface area contributed by atoms with Crippen molar-refractivity contribution in [3.05, 3.63) is 338 Å². The summed E-state index contributed by atoms with van der Waals surface area (Å²) in [5, 5.41) is 13.2. The molecule has 494 valence electrons. The van der Waals surface area contributed by atoms with E-state index in [0.29, 0.717) is 0 Å². The van der Waals surface area contributed by atoms with E-state index in [1.165, 1.54) is 199 Å². The fourth-order valence-corrected chi connectivity index (χ4v) is 21.6. The predicted octanol–water partition coefficient (Wildman–Crippen LogP) is 25.4. The first-order valence-electron chi connectivity index (χ1n) is 36.4. The lowest BCUT2D eigenvalue weighted by atomic mass is 9.80. The van der Waals surface area contributed by atoms with Crippen LogP contribution in [-0.2, 0) is 10.8 Å². The van der Waals surface area contributed by atoms with Crippen molar-refractivity contribution in [1.29, 1.82) is 0 Å². The summed E-state index contributed by atoms with van der Waals surface area (Å²) in [7, 11) is 4.71. The molecule has 0 unspecified atom stereocenters. The van der Waals surface area contributed by atoms with E-state index in [2.05, 4.69) is 392 Å². The maximum atomic E-state index is 2.50. The maximum Gasteiger partial charge on any atom is 0.117 e. The van der Waals surface area contributed by atoms with E-state index in [0.717, 1.165) is 0 Å². The topological polar surface area (TPSA) is 9.72 Å². The van der Waals surface area contributed by atoms with Gasteiger partial charge in [0.05, 0.1) is 22.7 Å². The van der Waals surface area contributed by atoms with Gasteiger partial charge < -0.3 is 14.7 Å². The molecule has 0 N–H and O–H groups in total. The summed E-state index contributed by atoms with van der Waals surface area (Å²) in [5.41, 5.74) is 33.5. The summed E-state index contributed by atoms with van der Waals surface area (Å²) in [4.78, 5) is 7.07. The quantitative estimate of drug-likeness (QED) is 0.121. The van der Waals surface area contributed by atoms with Crippen LogP contribution in [0.5, 0.6) is 0 Å². The lowest BCUT2D eigenvalue weighted by Crippen LogP contribution is -2.58. The zero-order valence-corrected chi connectivity index (χ0v) is 60.9. The Morgan fingerprint density at radius 1 is 0.214 bits per heavy atom. The Morgan fingerprint density at radius 3 is 1.03 bits per heavy atom. The van der Waals surface area contributed by atoms with Gasteiger partial charge in [-0.05, 0) is 225 Å². The van der Waals surface area contributed by atoms with Gasteiger partial charge in [-0.3, -0.25) is 0 Å². The van der Waals surface area contributed by atoms with Gasteiger partial charge in [-0.2, -0.15) is 0 Å². The molecular weight excluding hydrogens is 1260 g/mol. The normalized spacial score (nSPS) is 14.4. The van der Waals surface area contributed by atoms with E-state index in [4.69, 9.17) is 0 Å². The van der Waals surface area contributed by atoms with Crippen LogP contribution in [0.4, 0.5) is 34.1 Å². The minimum atomic E-state index is -1.89. The van der Waals surface area contributed by atoms with E-state index >= 15 is 0 Å². The highest BCUT2D eigenvalue weighted by molar-refractivity contribution is 7.02. The van der Waals surface area contributed by atoms with Crippen molar-refractivity contribution in [3.8, 4) is 89.0 Å². The van der Waals surface area contributed by atoms with Crippen LogP contribution in [0.15, 0.2) is 315 Å². The Hall–Kier alpha value is -11.8. The number of fused-ring (bicyclic) bond motifs is 14. The second-order valence-electron chi connectivity index (χ2n) is 30.4. The number of nitrogens with zero attached hydrogens (tertiary/aromatic N) is 3. The molecule has 0 aromatic heterocycles. The zero-order valence-electron chi connectivity index (χ0n) is 59.9. The number of hydrogen-bond acceptors (Lipinski definition) is 3. The molecule has 16 aromatic rings. The smallest absolute Gasteiger partial charge is 0.117 e. The monoisotopic (exact) mass is 1340 g/mol. The zero-order chi connectivity index (χ0) is 69.8. The molecule has 20 rings (SSSR count). The van der Waals surface area contributed by atoms with Crippen LogP contribution in [-0.4, -0.2) is 29.2 Å². The molecule has 16 aromatic carbocycles. The van der Waals surface area contributed by atoms with Crippen LogP contribution in [0.1, 0.15) is 49.9 Å². The van der Waals surface area contributed by atoms with Crippen LogP contribution < -0.4 is 25.1 Å². The fourth-order valence-electron chi connectivity index (χ4n) is 18.5.